The van der Waals surface area contributed by atoms with Gasteiger partial charge in [0.05, 0.1) is 5.69 Å². The number of benzene rings is 1. The first-order valence-corrected chi connectivity index (χ1v) is 7.91. The van der Waals surface area contributed by atoms with Crippen LogP contribution in [0.25, 0.3) is 0 Å². The maximum atomic E-state index is 13.7. The van der Waals surface area contributed by atoms with Gasteiger partial charge in [0.1, 0.15) is 10.7 Å². The molecule has 96 valence electrons. The molecule has 2 rings (SSSR count). The highest BCUT2D eigenvalue weighted by molar-refractivity contribution is 9.10. The molecule has 0 spiro atoms. The molecule has 0 aliphatic heterocycles. The third kappa shape index (κ3) is 2.65. The zero-order chi connectivity index (χ0) is 13.3. The SMILES string of the molecule is Nc1cc(S(=O)(=O)Nc2ccsc2)c(F)cc1Br. The maximum absolute atomic E-state index is 13.7. The van der Waals surface area contributed by atoms with Crippen LogP contribution in [0.4, 0.5) is 15.8 Å². The second-order valence-electron chi connectivity index (χ2n) is 3.42. The highest BCUT2D eigenvalue weighted by atomic mass is 79.9. The van der Waals surface area contributed by atoms with Crippen LogP contribution in [0.5, 0.6) is 0 Å². The Kier molecular flexibility index (Phi) is 3.60. The Labute approximate surface area is 116 Å². The molecule has 1 aromatic heterocycles. The van der Waals surface area contributed by atoms with E-state index in [1.165, 1.54) is 11.3 Å². The monoisotopic (exact) mass is 350 g/mol. The molecule has 8 heteroatoms. The van der Waals surface area contributed by atoms with Crippen LogP contribution in [0.15, 0.2) is 38.3 Å². The molecule has 0 aliphatic carbocycles. The minimum absolute atomic E-state index is 0.155. The van der Waals surface area contributed by atoms with Gasteiger partial charge >= 0.3 is 0 Å². The topological polar surface area (TPSA) is 72.2 Å². The van der Waals surface area contributed by atoms with Crippen molar-refractivity contribution in [1.29, 1.82) is 0 Å². The van der Waals surface area contributed by atoms with Crippen molar-refractivity contribution in [3.63, 3.8) is 0 Å². The van der Waals surface area contributed by atoms with Crippen molar-refractivity contribution >= 4 is 48.7 Å². The van der Waals surface area contributed by atoms with E-state index in [-0.39, 0.29) is 5.69 Å². The number of rotatable bonds is 3. The second-order valence-corrected chi connectivity index (χ2v) is 6.71. The van der Waals surface area contributed by atoms with Crippen molar-refractivity contribution in [2.75, 3.05) is 10.5 Å². The van der Waals surface area contributed by atoms with Gasteiger partial charge in [-0.15, -0.1) is 0 Å². The Morgan fingerprint density at radius 3 is 2.72 bits per heavy atom. The summed E-state index contributed by atoms with van der Waals surface area (Å²) in [6.45, 7) is 0. The van der Waals surface area contributed by atoms with Gasteiger partial charge in [0.25, 0.3) is 10.0 Å². The number of hydrogen-bond donors (Lipinski definition) is 2. The van der Waals surface area contributed by atoms with Gasteiger partial charge < -0.3 is 5.73 Å². The van der Waals surface area contributed by atoms with Crippen molar-refractivity contribution in [2.45, 2.75) is 4.90 Å². The lowest BCUT2D eigenvalue weighted by atomic mass is 10.3. The average Bonchev–Trinajstić information content (AvgIpc) is 2.75. The third-order valence-corrected chi connectivity index (χ3v) is 4.88. The number of nitrogen functional groups attached to an aromatic ring is 1. The van der Waals surface area contributed by atoms with Gasteiger partial charge in [-0.2, -0.15) is 11.3 Å². The van der Waals surface area contributed by atoms with Crippen LogP contribution in [-0.2, 0) is 10.0 Å². The minimum atomic E-state index is -3.97. The van der Waals surface area contributed by atoms with E-state index in [0.29, 0.717) is 10.2 Å². The minimum Gasteiger partial charge on any atom is -0.398 e. The predicted octanol–water partition coefficient (Wildman–Crippen LogP) is 3.03. The van der Waals surface area contributed by atoms with E-state index in [0.717, 1.165) is 12.1 Å². The smallest absolute Gasteiger partial charge is 0.264 e. The van der Waals surface area contributed by atoms with Gasteiger partial charge in [0.15, 0.2) is 0 Å². The summed E-state index contributed by atoms with van der Waals surface area (Å²) >= 11 is 4.36. The number of nitrogens with one attached hydrogen (secondary N) is 1. The van der Waals surface area contributed by atoms with Gasteiger partial charge in [-0.25, -0.2) is 12.8 Å². The van der Waals surface area contributed by atoms with Gasteiger partial charge in [-0.1, -0.05) is 0 Å². The van der Waals surface area contributed by atoms with Crippen LogP contribution in [0.2, 0.25) is 0 Å². The van der Waals surface area contributed by atoms with E-state index in [2.05, 4.69) is 20.7 Å². The van der Waals surface area contributed by atoms with Crippen molar-refractivity contribution < 1.29 is 12.8 Å². The summed E-state index contributed by atoms with van der Waals surface area (Å²) < 4.78 is 40.2. The molecule has 0 bridgehead atoms. The molecule has 0 radical (unpaired) electrons. The number of nitrogens with two attached hydrogens (primary N) is 1. The van der Waals surface area contributed by atoms with E-state index in [1.54, 1.807) is 16.8 Å². The zero-order valence-electron chi connectivity index (χ0n) is 8.85. The first-order valence-electron chi connectivity index (χ1n) is 4.70. The van der Waals surface area contributed by atoms with Crippen molar-refractivity contribution in [1.82, 2.24) is 0 Å². The van der Waals surface area contributed by atoms with Crippen LogP contribution >= 0.6 is 27.3 Å². The molecule has 1 heterocycles. The van der Waals surface area contributed by atoms with Crippen molar-refractivity contribution in [2.24, 2.45) is 0 Å². The van der Waals surface area contributed by atoms with Crippen molar-refractivity contribution in [3.05, 3.63) is 39.2 Å². The summed E-state index contributed by atoms with van der Waals surface area (Å²) in [5.41, 5.74) is 6.10. The van der Waals surface area contributed by atoms with Crippen molar-refractivity contribution in [3.8, 4) is 0 Å². The Balaban J connectivity index is 2.44. The van der Waals surface area contributed by atoms with Crippen LogP contribution in [0.1, 0.15) is 0 Å². The molecule has 3 N–H and O–H groups in total. The lowest BCUT2D eigenvalue weighted by Crippen LogP contribution is -2.14. The van der Waals surface area contributed by atoms with E-state index >= 15 is 0 Å². The van der Waals surface area contributed by atoms with E-state index in [1.807, 2.05) is 0 Å². The standard InChI is InChI=1S/C10H8BrFN2O2S2/c11-7-3-8(12)10(4-9(7)13)18(15,16)14-6-1-2-17-5-6/h1-5,14H,13H2. The van der Waals surface area contributed by atoms with Crippen LogP contribution in [-0.4, -0.2) is 8.42 Å². The fourth-order valence-corrected chi connectivity index (χ4v) is 3.41. The molecule has 0 saturated carbocycles. The fourth-order valence-electron chi connectivity index (χ4n) is 1.28. The van der Waals surface area contributed by atoms with Crippen LogP contribution < -0.4 is 10.5 Å². The highest BCUT2D eigenvalue weighted by Gasteiger charge is 2.20. The fraction of sp³-hybridized carbons (Fsp3) is 0. The third-order valence-electron chi connectivity index (χ3n) is 2.11. The second kappa shape index (κ2) is 4.87. The largest absolute Gasteiger partial charge is 0.398 e. The zero-order valence-corrected chi connectivity index (χ0v) is 12.1. The molecular formula is C10H8BrFN2O2S2. The predicted molar refractivity (Wildman–Crippen MR) is 73.6 cm³/mol. The van der Waals surface area contributed by atoms with Crippen LogP contribution in [0, 0.1) is 5.82 Å². The molecule has 18 heavy (non-hydrogen) atoms. The lowest BCUT2D eigenvalue weighted by molar-refractivity contribution is 0.570. The van der Waals surface area contributed by atoms with E-state index in [4.69, 9.17) is 5.73 Å². The van der Waals surface area contributed by atoms with E-state index in [9.17, 15) is 12.8 Å². The van der Waals surface area contributed by atoms with Crippen LogP contribution in [0.3, 0.4) is 0 Å². The number of sulfonamides is 1. The van der Waals surface area contributed by atoms with Gasteiger partial charge in [-0.05, 0) is 39.5 Å². The summed E-state index contributed by atoms with van der Waals surface area (Å²) in [5, 5.41) is 3.32. The summed E-state index contributed by atoms with van der Waals surface area (Å²) in [6.07, 6.45) is 0. The maximum Gasteiger partial charge on any atom is 0.264 e. The Bertz CT molecular complexity index is 671. The van der Waals surface area contributed by atoms with E-state index < -0.39 is 20.7 Å². The first kappa shape index (κ1) is 13.3. The molecule has 4 nitrogen and oxygen atoms in total. The summed E-state index contributed by atoms with van der Waals surface area (Å²) in [6, 6.07) is 3.69. The summed E-state index contributed by atoms with van der Waals surface area (Å²) in [7, 11) is -3.97. The lowest BCUT2D eigenvalue weighted by Gasteiger charge is -2.09. The molecule has 0 aliphatic rings. The molecule has 0 unspecified atom stereocenters. The average molecular weight is 351 g/mol. The molecule has 1 aromatic carbocycles. The molecule has 0 amide bonds. The molecule has 2 aromatic rings. The Morgan fingerprint density at radius 2 is 2.11 bits per heavy atom. The molecule has 0 atom stereocenters. The van der Waals surface area contributed by atoms with Gasteiger partial charge in [0, 0.05) is 15.5 Å². The highest BCUT2D eigenvalue weighted by Crippen LogP contribution is 2.27. The molecule has 0 fully saturated rings. The van der Waals surface area contributed by atoms with Gasteiger partial charge in [0.2, 0.25) is 0 Å². The molecular weight excluding hydrogens is 343 g/mol. The number of anilines is 2. The van der Waals surface area contributed by atoms with Gasteiger partial charge in [-0.3, -0.25) is 4.72 Å². The Hall–Kier alpha value is -1.12. The number of hydrogen-bond acceptors (Lipinski definition) is 4. The summed E-state index contributed by atoms with van der Waals surface area (Å²) in [4.78, 5) is -0.477. The number of halogens is 2. The quantitative estimate of drug-likeness (QED) is 0.835. The summed E-state index contributed by atoms with van der Waals surface area (Å²) in [5.74, 6) is -0.862. The first-order chi connectivity index (χ1) is 8.40. The Morgan fingerprint density at radius 1 is 1.39 bits per heavy atom. The normalized spacial score (nSPS) is 11.4. The number of thiophene rings is 1. The molecule has 0 saturated heterocycles.